The van der Waals surface area contributed by atoms with Gasteiger partial charge in [-0.3, -0.25) is 19.8 Å². The van der Waals surface area contributed by atoms with E-state index in [1.807, 2.05) is 36.4 Å². The first-order chi connectivity index (χ1) is 31.2. The van der Waals surface area contributed by atoms with Gasteiger partial charge in [0.15, 0.2) is 5.75 Å². The highest BCUT2D eigenvalue weighted by molar-refractivity contribution is 7.90. The van der Waals surface area contributed by atoms with Crippen molar-refractivity contribution in [1.29, 1.82) is 5.26 Å². The van der Waals surface area contributed by atoms with Gasteiger partial charge in [-0.25, -0.2) is 22.8 Å². The number of nitro groups is 1. The number of ether oxygens (including phenoxy) is 1. The number of anilines is 1. The Labute approximate surface area is 382 Å². The molecule has 0 spiro atoms. The predicted octanol–water partition coefficient (Wildman–Crippen LogP) is 9.08. The Morgan fingerprint density at radius 1 is 1.03 bits per heavy atom. The van der Waals surface area contributed by atoms with Crippen LogP contribution in [0.4, 0.5) is 11.4 Å². The number of pyridine rings is 1. The largest absolute Gasteiger partial charge is 0.487 e. The molecule has 336 valence electrons. The number of nitrogens with one attached hydrogen (secondary N) is 2. The first-order valence-corrected chi connectivity index (χ1v) is 23.9. The number of H-pyrrole nitrogens is 1. The number of allylic oxidation sites excluding steroid dienone is 1. The smallest absolute Gasteiger partial charge is 0.312 e. The normalized spacial score (nSPS) is 19.3. The molecule has 1 saturated carbocycles. The molecule has 2 aliphatic carbocycles. The van der Waals surface area contributed by atoms with Crippen LogP contribution in [0.25, 0.3) is 33.3 Å². The van der Waals surface area contributed by atoms with Crippen LogP contribution in [0, 0.1) is 38.7 Å². The lowest BCUT2D eigenvalue weighted by Crippen LogP contribution is -2.47. The first kappa shape index (κ1) is 43.9. The molecule has 4 heterocycles. The van der Waals surface area contributed by atoms with Crippen molar-refractivity contribution >= 4 is 66.5 Å². The number of carbonyl (C=O) groups excluding carboxylic acids is 1. The molecule has 1 saturated heterocycles. The number of amides is 1. The van der Waals surface area contributed by atoms with Gasteiger partial charge >= 0.3 is 5.69 Å². The van der Waals surface area contributed by atoms with Crippen LogP contribution >= 0.6 is 11.6 Å². The van der Waals surface area contributed by atoms with E-state index in [4.69, 9.17) is 21.3 Å². The molecule has 3 aromatic heterocycles. The molecule has 65 heavy (non-hydrogen) atoms. The van der Waals surface area contributed by atoms with Gasteiger partial charge in [0.05, 0.1) is 45.5 Å². The average molecular weight is 917 g/mol. The molecule has 3 aromatic carbocycles. The fourth-order valence-corrected chi connectivity index (χ4v) is 10.5. The fraction of sp³-hybridized carbons (Fsp3) is 0.375. The van der Waals surface area contributed by atoms with Crippen LogP contribution in [0.1, 0.15) is 74.7 Å². The fourth-order valence-electron chi connectivity index (χ4n) is 9.43. The topological polar surface area (TPSA) is 192 Å². The highest BCUT2D eigenvalue weighted by Crippen LogP contribution is 2.43. The number of piperazine rings is 1. The van der Waals surface area contributed by atoms with Gasteiger partial charge in [0, 0.05) is 67.0 Å². The number of aromatic nitrogens is 4. The zero-order valence-electron chi connectivity index (χ0n) is 36.3. The second-order valence-corrected chi connectivity index (χ2v) is 20.4. The second-order valence-electron chi connectivity index (χ2n) is 18.2. The maximum Gasteiger partial charge on any atom is 0.312 e. The Morgan fingerprint density at radius 3 is 2.54 bits per heavy atom. The lowest BCUT2D eigenvalue weighted by atomic mass is 9.72. The number of sulfonamides is 1. The minimum atomic E-state index is -4.62. The molecule has 1 amide bonds. The molecular formula is C48H50ClN9O6S. The van der Waals surface area contributed by atoms with E-state index in [2.05, 4.69) is 56.7 Å². The molecule has 2 N–H and O–H groups in total. The summed E-state index contributed by atoms with van der Waals surface area (Å²) in [6.07, 6.45) is 9.55. The zero-order chi connectivity index (χ0) is 45.5. The third-order valence-corrected chi connectivity index (χ3v) is 14.8. The van der Waals surface area contributed by atoms with E-state index < -0.39 is 31.4 Å². The SMILES string of the molecule is CC1(C)CCC(CN2CCN(c3ccc(C(=O)NS(=O)(=O)c4ccc(OCC5CCC(C#N)CC5)c([N+](=O)[O-])c4)c(-n4ncc5nc6[nH]ccc6cc54)c3)CC2)=C(c2ccc(Cl)cc2)C1. The van der Waals surface area contributed by atoms with Crippen molar-refractivity contribution in [2.75, 3.05) is 44.2 Å². The molecule has 2 fully saturated rings. The van der Waals surface area contributed by atoms with Crippen molar-refractivity contribution in [3.8, 4) is 17.5 Å². The summed E-state index contributed by atoms with van der Waals surface area (Å²) in [5, 5.41) is 27.6. The van der Waals surface area contributed by atoms with Gasteiger partial charge in [-0.05, 0) is 122 Å². The van der Waals surface area contributed by atoms with Gasteiger partial charge in [0.25, 0.3) is 15.9 Å². The Morgan fingerprint density at radius 2 is 1.80 bits per heavy atom. The highest BCUT2D eigenvalue weighted by atomic mass is 35.5. The number of aromatic amines is 1. The van der Waals surface area contributed by atoms with Crippen LogP contribution in [-0.4, -0.2) is 83.2 Å². The quantitative estimate of drug-likeness (QED) is 0.0879. The highest BCUT2D eigenvalue weighted by Gasteiger charge is 2.31. The lowest BCUT2D eigenvalue weighted by Gasteiger charge is -2.39. The monoisotopic (exact) mass is 915 g/mol. The third kappa shape index (κ3) is 9.45. The van der Waals surface area contributed by atoms with Crippen molar-refractivity contribution in [1.82, 2.24) is 29.4 Å². The molecule has 1 aliphatic heterocycles. The van der Waals surface area contributed by atoms with Crippen LogP contribution in [-0.2, 0) is 10.0 Å². The van der Waals surface area contributed by atoms with Gasteiger partial charge in [0.2, 0.25) is 0 Å². The molecule has 3 aliphatic rings. The van der Waals surface area contributed by atoms with Crippen LogP contribution < -0.4 is 14.4 Å². The van der Waals surface area contributed by atoms with Crippen LogP contribution in [0.3, 0.4) is 0 Å². The van der Waals surface area contributed by atoms with Gasteiger partial charge in [-0.15, -0.1) is 0 Å². The number of benzene rings is 3. The predicted molar refractivity (Wildman–Crippen MR) is 250 cm³/mol. The van der Waals surface area contributed by atoms with E-state index in [9.17, 15) is 28.6 Å². The van der Waals surface area contributed by atoms with Crippen molar-refractivity contribution in [3.05, 3.63) is 117 Å². The second kappa shape index (κ2) is 17.9. The minimum Gasteiger partial charge on any atom is -0.487 e. The Bertz CT molecular complexity index is 2980. The van der Waals surface area contributed by atoms with Crippen molar-refractivity contribution in [2.24, 2.45) is 17.3 Å². The summed E-state index contributed by atoms with van der Waals surface area (Å²) in [4.78, 5) is 37.8. The first-order valence-electron chi connectivity index (χ1n) is 22.0. The van der Waals surface area contributed by atoms with Crippen LogP contribution in [0.15, 0.2) is 95.7 Å². The average Bonchev–Trinajstić information content (AvgIpc) is 3.94. The molecule has 0 radical (unpaired) electrons. The number of nitrogens with zero attached hydrogens (tertiary/aromatic N) is 7. The number of nitro benzene ring substituents is 1. The number of hydrogen-bond donors (Lipinski definition) is 2. The number of fused-ring (bicyclic) bond motifs is 2. The molecule has 0 atom stereocenters. The Balaban J connectivity index is 0.964. The summed E-state index contributed by atoms with van der Waals surface area (Å²) in [5.41, 5.74) is 6.84. The Kier molecular flexibility index (Phi) is 12.1. The summed E-state index contributed by atoms with van der Waals surface area (Å²) >= 11 is 6.26. The molecule has 15 nitrogen and oxygen atoms in total. The molecule has 17 heteroatoms. The summed E-state index contributed by atoms with van der Waals surface area (Å²) < 4.78 is 37.3. The van der Waals surface area contributed by atoms with Crippen LogP contribution in [0.5, 0.6) is 5.75 Å². The van der Waals surface area contributed by atoms with E-state index >= 15 is 0 Å². The number of nitriles is 1. The third-order valence-electron chi connectivity index (χ3n) is 13.2. The maximum atomic E-state index is 14.2. The van der Waals surface area contributed by atoms with E-state index in [0.717, 1.165) is 99.8 Å². The number of rotatable bonds is 12. The van der Waals surface area contributed by atoms with E-state index in [-0.39, 0.29) is 35.2 Å². The van der Waals surface area contributed by atoms with E-state index in [0.29, 0.717) is 22.4 Å². The van der Waals surface area contributed by atoms with E-state index in [1.165, 1.54) is 28.8 Å². The van der Waals surface area contributed by atoms with Crippen molar-refractivity contribution < 1.29 is 22.9 Å². The summed E-state index contributed by atoms with van der Waals surface area (Å²) in [7, 11) is -4.62. The number of carbonyl (C=O) groups is 1. The molecule has 0 bridgehead atoms. The Hall–Kier alpha value is -6.28. The summed E-state index contributed by atoms with van der Waals surface area (Å²) in [6, 6.07) is 22.8. The molecular weight excluding hydrogens is 866 g/mol. The van der Waals surface area contributed by atoms with Gasteiger partial charge in [0.1, 0.15) is 11.2 Å². The van der Waals surface area contributed by atoms with Gasteiger partial charge in [-0.1, -0.05) is 43.2 Å². The minimum absolute atomic E-state index is 0.00105. The zero-order valence-corrected chi connectivity index (χ0v) is 37.9. The van der Waals surface area contributed by atoms with Gasteiger partial charge in [-0.2, -0.15) is 10.4 Å². The standard InChI is InChI=1S/C48H50ClN9O6S/c1-48(2)17-15-35(40(26-48)33-7-9-36(49)10-8-33)29-55-19-21-56(22-20-55)37-11-13-39(42(24-37)57-43-23-34-16-18-51-46(34)53-41(43)28-52-57)47(59)54-65(62,63)38-12-14-45(44(25-38)58(60)61)64-30-32-5-3-31(27-50)4-6-32/h7-14,16,18,23-25,28,31-32H,3-6,15,17,19-22,26,29-30H2,1-2H3,(H,51,53)(H,54,59). The molecule has 0 unspecified atom stereocenters. The number of hydrogen-bond acceptors (Lipinski definition) is 11. The maximum absolute atomic E-state index is 14.2. The van der Waals surface area contributed by atoms with Gasteiger partial charge < -0.3 is 14.6 Å². The molecule has 6 aromatic rings. The van der Waals surface area contributed by atoms with Crippen molar-refractivity contribution in [3.63, 3.8) is 0 Å². The van der Waals surface area contributed by atoms with E-state index in [1.54, 1.807) is 23.1 Å². The summed E-state index contributed by atoms with van der Waals surface area (Å²) in [6.45, 7) is 8.82. The van der Waals surface area contributed by atoms with Crippen LogP contribution in [0.2, 0.25) is 5.02 Å². The number of halogens is 1. The molecule has 9 rings (SSSR count). The summed E-state index contributed by atoms with van der Waals surface area (Å²) in [5.74, 6) is -0.890. The lowest BCUT2D eigenvalue weighted by molar-refractivity contribution is -0.386. The van der Waals surface area contributed by atoms with Crippen molar-refractivity contribution in [2.45, 2.75) is 63.7 Å².